The number of anilines is 1. The van der Waals surface area contributed by atoms with E-state index in [0.29, 0.717) is 10.6 Å². The fraction of sp³-hybridized carbons (Fsp3) is 0.259. The summed E-state index contributed by atoms with van der Waals surface area (Å²) in [5, 5.41) is 4.04. The molecule has 0 aliphatic heterocycles. The first kappa shape index (κ1) is 21.5. The van der Waals surface area contributed by atoms with Crippen molar-refractivity contribution < 1.29 is 9.53 Å². The Bertz CT molecular complexity index is 1280. The SMILES string of the molecule is COc1ccc(-c2cc(-c3ccccc3)nc3sc(C(=O)NC4CCCCC4)c(N)c23)cc1. The zero-order valence-electron chi connectivity index (χ0n) is 18.6. The minimum absolute atomic E-state index is 0.0932. The Kier molecular flexibility index (Phi) is 6.01. The summed E-state index contributed by atoms with van der Waals surface area (Å²) in [6.45, 7) is 0. The molecule has 0 atom stereocenters. The van der Waals surface area contributed by atoms with E-state index in [4.69, 9.17) is 15.5 Å². The number of amides is 1. The van der Waals surface area contributed by atoms with Crippen molar-refractivity contribution in [3.63, 3.8) is 0 Å². The van der Waals surface area contributed by atoms with E-state index in [1.54, 1.807) is 7.11 Å². The lowest BCUT2D eigenvalue weighted by Crippen LogP contribution is -2.36. The van der Waals surface area contributed by atoms with Gasteiger partial charge in [0.05, 0.1) is 18.5 Å². The summed E-state index contributed by atoms with van der Waals surface area (Å²) in [6.07, 6.45) is 5.63. The van der Waals surface area contributed by atoms with E-state index in [0.717, 1.165) is 64.0 Å². The molecule has 6 heteroatoms. The van der Waals surface area contributed by atoms with Gasteiger partial charge in [-0.25, -0.2) is 4.98 Å². The van der Waals surface area contributed by atoms with E-state index in [1.807, 2.05) is 54.6 Å². The molecular formula is C27H27N3O2S. The average molecular weight is 458 g/mol. The number of nitrogens with one attached hydrogen (secondary N) is 1. The average Bonchev–Trinajstić information content (AvgIpc) is 3.21. The van der Waals surface area contributed by atoms with Crippen molar-refractivity contribution in [3.05, 3.63) is 65.5 Å². The fourth-order valence-corrected chi connectivity index (χ4v) is 5.57. The predicted octanol–water partition coefficient (Wildman–Crippen LogP) is 6.28. The lowest BCUT2D eigenvalue weighted by atomic mass is 9.95. The van der Waals surface area contributed by atoms with Gasteiger partial charge in [-0.1, -0.05) is 61.7 Å². The maximum Gasteiger partial charge on any atom is 0.263 e. The third-order valence-electron chi connectivity index (χ3n) is 6.32. The number of hydrogen-bond acceptors (Lipinski definition) is 5. The first-order valence-corrected chi connectivity index (χ1v) is 12.2. The highest BCUT2D eigenvalue weighted by Gasteiger charge is 2.24. The quantitative estimate of drug-likeness (QED) is 0.369. The lowest BCUT2D eigenvalue weighted by Gasteiger charge is -2.22. The predicted molar refractivity (Wildman–Crippen MR) is 136 cm³/mol. The van der Waals surface area contributed by atoms with Crippen molar-refractivity contribution in [3.8, 4) is 28.1 Å². The minimum atomic E-state index is -0.0932. The van der Waals surface area contributed by atoms with Crippen LogP contribution in [0.3, 0.4) is 0 Å². The van der Waals surface area contributed by atoms with Gasteiger partial charge in [-0.05, 0) is 42.2 Å². The van der Waals surface area contributed by atoms with Gasteiger partial charge in [0.25, 0.3) is 5.91 Å². The molecule has 2 aromatic carbocycles. The molecule has 1 amide bonds. The topological polar surface area (TPSA) is 77.2 Å². The van der Waals surface area contributed by atoms with Crippen LogP contribution < -0.4 is 15.8 Å². The van der Waals surface area contributed by atoms with Crippen LogP contribution in [0.2, 0.25) is 0 Å². The van der Waals surface area contributed by atoms with E-state index >= 15 is 0 Å². The molecule has 0 saturated heterocycles. The molecule has 1 aliphatic carbocycles. The highest BCUT2D eigenvalue weighted by Crippen LogP contribution is 2.41. The van der Waals surface area contributed by atoms with Crippen LogP contribution in [-0.4, -0.2) is 24.0 Å². The van der Waals surface area contributed by atoms with E-state index in [2.05, 4.69) is 11.4 Å². The summed E-state index contributed by atoms with van der Waals surface area (Å²) in [5.74, 6) is 0.697. The van der Waals surface area contributed by atoms with Crippen LogP contribution in [0.15, 0.2) is 60.7 Å². The summed E-state index contributed by atoms with van der Waals surface area (Å²) in [6, 6.07) is 20.3. The van der Waals surface area contributed by atoms with Crippen LogP contribution in [0.4, 0.5) is 5.69 Å². The van der Waals surface area contributed by atoms with Gasteiger partial charge in [-0.2, -0.15) is 0 Å². The van der Waals surface area contributed by atoms with Crippen molar-refractivity contribution in [1.29, 1.82) is 0 Å². The molecule has 0 radical (unpaired) electrons. The normalized spacial score (nSPS) is 14.3. The van der Waals surface area contributed by atoms with Crippen LogP contribution in [0, 0.1) is 0 Å². The fourth-order valence-electron chi connectivity index (χ4n) is 4.54. The zero-order chi connectivity index (χ0) is 22.8. The number of thiophene rings is 1. The number of ether oxygens (including phenoxy) is 1. The second-order valence-corrected chi connectivity index (χ2v) is 9.48. The van der Waals surface area contributed by atoms with Crippen LogP contribution in [0.25, 0.3) is 32.6 Å². The molecule has 0 spiro atoms. The number of rotatable bonds is 5. The van der Waals surface area contributed by atoms with Crippen molar-refractivity contribution in [2.24, 2.45) is 0 Å². The third-order valence-corrected chi connectivity index (χ3v) is 7.41. The van der Waals surface area contributed by atoms with Gasteiger partial charge in [-0.3, -0.25) is 4.79 Å². The maximum absolute atomic E-state index is 13.2. The Labute approximate surface area is 197 Å². The number of aromatic nitrogens is 1. The first-order chi connectivity index (χ1) is 16.1. The number of nitrogen functional groups attached to an aromatic ring is 1. The first-order valence-electron chi connectivity index (χ1n) is 11.4. The minimum Gasteiger partial charge on any atom is -0.497 e. The second-order valence-electron chi connectivity index (χ2n) is 8.48. The number of nitrogens with two attached hydrogens (primary N) is 1. The molecule has 1 aliphatic rings. The molecule has 4 aromatic rings. The standard InChI is InChI=1S/C27H27N3O2S/c1-32-20-14-12-17(13-15-20)21-16-22(18-8-4-2-5-9-18)30-27-23(21)24(28)25(33-27)26(31)29-19-10-6-3-7-11-19/h2,4-5,8-9,12-16,19H,3,6-7,10-11,28H2,1H3,(H,29,31). The van der Waals surface area contributed by atoms with Gasteiger partial charge in [-0.15, -0.1) is 11.3 Å². The Morgan fingerprint density at radius 2 is 1.76 bits per heavy atom. The number of pyridine rings is 1. The Morgan fingerprint density at radius 1 is 1.03 bits per heavy atom. The highest BCUT2D eigenvalue weighted by molar-refractivity contribution is 7.21. The third kappa shape index (κ3) is 4.31. The van der Waals surface area contributed by atoms with E-state index in [1.165, 1.54) is 17.8 Å². The summed E-state index contributed by atoms with van der Waals surface area (Å²) in [4.78, 5) is 19.4. The van der Waals surface area contributed by atoms with Crippen LogP contribution in [0.1, 0.15) is 41.8 Å². The monoisotopic (exact) mass is 457 g/mol. The summed E-state index contributed by atoms with van der Waals surface area (Å²) >= 11 is 1.37. The molecule has 5 rings (SSSR count). The Hall–Kier alpha value is -3.38. The maximum atomic E-state index is 13.2. The number of fused-ring (bicyclic) bond motifs is 1. The van der Waals surface area contributed by atoms with Crippen molar-refractivity contribution >= 4 is 33.1 Å². The molecule has 33 heavy (non-hydrogen) atoms. The molecule has 1 fully saturated rings. The smallest absolute Gasteiger partial charge is 0.263 e. The molecule has 168 valence electrons. The van der Waals surface area contributed by atoms with Gasteiger partial charge in [0.15, 0.2) is 0 Å². The van der Waals surface area contributed by atoms with Crippen molar-refractivity contribution in [1.82, 2.24) is 10.3 Å². The number of carbonyl (C=O) groups is 1. The molecular weight excluding hydrogens is 430 g/mol. The molecule has 3 N–H and O–H groups in total. The zero-order valence-corrected chi connectivity index (χ0v) is 19.5. The molecule has 2 aromatic heterocycles. The van der Waals surface area contributed by atoms with Crippen molar-refractivity contribution in [2.75, 3.05) is 12.8 Å². The number of hydrogen-bond donors (Lipinski definition) is 2. The summed E-state index contributed by atoms with van der Waals surface area (Å²) < 4.78 is 5.33. The van der Waals surface area contributed by atoms with E-state index < -0.39 is 0 Å². The lowest BCUT2D eigenvalue weighted by molar-refractivity contribution is 0.0932. The number of carbonyl (C=O) groups excluding carboxylic acids is 1. The van der Waals surface area contributed by atoms with Gasteiger partial charge in [0.1, 0.15) is 15.5 Å². The van der Waals surface area contributed by atoms with Gasteiger partial charge < -0.3 is 15.8 Å². The molecule has 1 saturated carbocycles. The molecule has 0 bridgehead atoms. The van der Waals surface area contributed by atoms with Crippen LogP contribution in [0.5, 0.6) is 5.75 Å². The number of benzene rings is 2. The van der Waals surface area contributed by atoms with Gasteiger partial charge >= 0.3 is 0 Å². The summed E-state index contributed by atoms with van der Waals surface area (Å²) in [5.41, 5.74) is 11.0. The highest BCUT2D eigenvalue weighted by atomic mass is 32.1. The largest absolute Gasteiger partial charge is 0.497 e. The molecule has 2 heterocycles. The van der Waals surface area contributed by atoms with Gasteiger partial charge in [0.2, 0.25) is 0 Å². The summed E-state index contributed by atoms with van der Waals surface area (Å²) in [7, 11) is 1.65. The van der Waals surface area contributed by atoms with Crippen LogP contribution >= 0.6 is 11.3 Å². The van der Waals surface area contributed by atoms with Crippen LogP contribution in [-0.2, 0) is 0 Å². The van der Waals surface area contributed by atoms with E-state index in [9.17, 15) is 4.79 Å². The Morgan fingerprint density at radius 3 is 2.45 bits per heavy atom. The molecule has 5 nitrogen and oxygen atoms in total. The van der Waals surface area contributed by atoms with Crippen molar-refractivity contribution in [2.45, 2.75) is 38.1 Å². The van der Waals surface area contributed by atoms with E-state index in [-0.39, 0.29) is 11.9 Å². The number of methoxy groups -OCH3 is 1. The number of nitrogens with zero attached hydrogens (tertiary/aromatic N) is 1. The molecule has 0 unspecified atom stereocenters. The van der Waals surface area contributed by atoms with Gasteiger partial charge in [0, 0.05) is 17.0 Å². The second kappa shape index (κ2) is 9.24. The Balaban J connectivity index is 1.63.